The van der Waals surface area contributed by atoms with Crippen molar-refractivity contribution in [2.75, 3.05) is 0 Å². The first kappa shape index (κ1) is 18.0. The van der Waals surface area contributed by atoms with Crippen molar-refractivity contribution in [3.63, 3.8) is 0 Å². The minimum Gasteiger partial charge on any atom is -0.444 e. The topological polar surface area (TPSA) is 81.1 Å². The lowest BCUT2D eigenvalue weighted by Gasteiger charge is -2.45. The summed E-state index contributed by atoms with van der Waals surface area (Å²) in [5.74, 6) is 1.33. The molecule has 3 N–H and O–H groups in total. The van der Waals surface area contributed by atoms with Gasteiger partial charge in [0.05, 0.1) is 0 Å². The van der Waals surface area contributed by atoms with Crippen molar-refractivity contribution in [3.05, 3.63) is 42.3 Å². The first-order valence-corrected chi connectivity index (χ1v) is 8.78. The summed E-state index contributed by atoms with van der Waals surface area (Å²) in [5.41, 5.74) is 7.38. The van der Waals surface area contributed by atoms with E-state index in [1.807, 2.05) is 30.3 Å². The second kappa shape index (κ2) is 7.58. The summed E-state index contributed by atoms with van der Waals surface area (Å²) in [4.78, 5) is 17.0. The van der Waals surface area contributed by atoms with Gasteiger partial charge in [-0.05, 0) is 49.7 Å². The summed E-state index contributed by atoms with van der Waals surface area (Å²) in [5, 5.41) is 3.21. The number of amides is 1. The van der Waals surface area contributed by atoms with Crippen LogP contribution in [0.1, 0.15) is 42.6 Å². The molecule has 2 aliphatic carbocycles. The summed E-state index contributed by atoms with van der Waals surface area (Å²) >= 11 is 0. The number of halogens is 1. The van der Waals surface area contributed by atoms with Crippen LogP contribution in [0.3, 0.4) is 0 Å². The zero-order chi connectivity index (χ0) is 16.5. The van der Waals surface area contributed by atoms with E-state index in [2.05, 4.69) is 10.3 Å². The van der Waals surface area contributed by atoms with Crippen LogP contribution in [-0.2, 0) is 0 Å². The van der Waals surface area contributed by atoms with E-state index in [0.717, 1.165) is 31.2 Å². The molecule has 0 spiro atoms. The van der Waals surface area contributed by atoms with Crippen LogP contribution in [-0.4, -0.2) is 23.0 Å². The molecule has 5 nitrogen and oxygen atoms in total. The number of benzene rings is 1. The number of hydrogen-bond donors (Lipinski definition) is 2. The predicted octanol–water partition coefficient (Wildman–Crippen LogP) is 3.40. The molecule has 1 amide bonds. The highest BCUT2D eigenvalue weighted by molar-refractivity contribution is 5.92. The molecule has 2 aliphatic rings. The smallest absolute Gasteiger partial charge is 0.273 e. The quantitative estimate of drug-likeness (QED) is 0.877. The number of fused-ring (bicyclic) bond motifs is 2. The van der Waals surface area contributed by atoms with E-state index in [1.165, 1.54) is 12.7 Å². The molecule has 4 rings (SSSR count). The Morgan fingerprint density at radius 1 is 1.16 bits per heavy atom. The average Bonchev–Trinajstić information content (AvgIpc) is 3.07. The van der Waals surface area contributed by atoms with Crippen molar-refractivity contribution < 1.29 is 9.21 Å². The Hall–Kier alpha value is -1.85. The maximum Gasteiger partial charge on any atom is 0.273 e. The minimum atomic E-state index is -0.140. The molecule has 2 aromatic rings. The third-order valence-corrected chi connectivity index (χ3v) is 5.43. The standard InChI is InChI=1S/C19H23N3O2.ClH/c20-15-9-13-7-4-8-14(10-15)17(13)22-18(23)16-11-24-19(21-16)12-5-2-1-3-6-12;/h1-3,5-6,11,13-15,17H,4,7-10,20H2,(H,22,23);1H. The monoisotopic (exact) mass is 361 g/mol. The van der Waals surface area contributed by atoms with E-state index in [4.69, 9.17) is 10.2 Å². The molecule has 1 aromatic heterocycles. The number of carbonyl (C=O) groups excluding carboxylic acids is 1. The number of carbonyl (C=O) groups is 1. The van der Waals surface area contributed by atoms with Gasteiger partial charge in [0, 0.05) is 17.6 Å². The molecule has 0 saturated heterocycles. The fraction of sp³-hybridized carbons (Fsp3) is 0.474. The van der Waals surface area contributed by atoms with Crippen molar-refractivity contribution in [3.8, 4) is 11.5 Å². The van der Waals surface area contributed by atoms with Gasteiger partial charge < -0.3 is 15.5 Å². The molecule has 134 valence electrons. The molecule has 0 radical (unpaired) electrons. The summed E-state index contributed by atoms with van der Waals surface area (Å²) in [6.07, 6.45) is 7.02. The van der Waals surface area contributed by atoms with Crippen molar-refractivity contribution in [1.29, 1.82) is 0 Å². The number of nitrogens with zero attached hydrogens (tertiary/aromatic N) is 1. The van der Waals surface area contributed by atoms with Gasteiger partial charge in [0.1, 0.15) is 6.26 Å². The molecule has 2 saturated carbocycles. The van der Waals surface area contributed by atoms with Gasteiger partial charge in [-0.25, -0.2) is 4.98 Å². The summed E-state index contributed by atoms with van der Waals surface area (Å²) in [6, 6.07) is 10.1. The molecule has 1 aromatic carbocycles. The van der Waals surface area contributed by atoms with Crippen LogP contribution in [0, 0.1) is 11.8 Å². The number of hydrogen-bond acceptors (Lipinski definition) is 4. The number of nitrogens with one attached hydrogen (secondary N) is 1. The van der Waals surface area contributed by atoms with Crippen molar-refractivity contribution in [1.82, 2.24) is 10.3 Å². The van der Waals surface area contributed by atoms with Gasteiger partial charge in [-0.1, -0.05) is 24.6 Å². The molecular weight excluding hydrogens is 338 g/mol. The van der Waals surface area contributed by atoms with Crippen molar-refractivity contribution >= 4 is 18.3 Å². The van der Waals surface area contributed by atoms with Crippen LogP contribution in [0.4, 0.5) is 0 Å². The van der Waals surface area contributed by atoms with E-state index in [0.29, 0.717) is 23.4 Å². The Bertz CT molecular complexity index is 704. The third-order valence-electron chi connectivity index (χ3n) is 5.43. The molecular formula is C19H24ClN3O2. The van der Waals surface area contributed by atoms with Crippen molar-refractivity contribution in [2.45, 2.75) is 44.2 Å². The van der Waals surface area contributed by atoms with Crippen LogP contribution in [0.5, 0.6) is 0 Å². The fourth-order valence-electron chi connectivity index (χ4n) is 4.34. The van der Waals surface area contributed by atoms with Gasteiger partial charge in [-0.3, -0.25) is 4.79 Å². The van der Waals surface area contributed by atoms with Gasteiger partial charge in [0.2, 0.25) is 5.89 Å². The SMILES string of the molecule is Cl.NC1CC2CCCC(C1)C2NC(=O)c1coc(-c2ccccc2)n1. The summed E-state index contributed by atoms with van der Waals surface area (Å²) in [6.45, 7) is 0. The van der Waals surface area contributed by atoms with Crippen LogP contribution in [0.25, 0.3) is 11.5 Å². The van der Waals surface area contributed by atoms with Crippen LogP contribution < -0.4 is 11.1 Å². The first-order valence-electron chi connectivity index (χ1n) is 8.78. The molecule has 2 atom stereocenters. The number of aromatic nitrogens is 1. The average molecular weight is 362 g/mol. The van der Waals surface area contributed by atoms with E-state index in [9.17, 15) is 4.79 Å². The molecule has 0 aliphatic heterocycles. The normalized spacial score (nSPS) is 28.0. The maximum absolute atomic E-state index is 12.6. The van der Waals surface area contributed by atoms with E-state index in [-0.39, 0.29) is 30.4 Å². The predicted molar refractivity (Wildman–Crippen MR) is 98.5 cm³/mol. The van der Waals surface area contributed by atoms with Gasteiger partial charge in [-0.15, -0.1) is 12.4 Å². The van der Waals surface area contributed by atoms with Gasteiger partial charge >= 0.3 is 0 Å². The summed E-state index contributed by atoms with van der Waals surface area (Å²) < 4.78 is 5.48. The van der Waals surface area contributed by atoms with Crippen molar-refractivity contribution in [2.24, 2.45) is 17.6 Å². The molecule has 2 bridgehead atoms. The van der Waals surface area contributed by atoms with E-state index >= 15 is 0 Å². The highest BCUT2D eigenvalue weighted by Crippen LogP contribution is 2.39. The highest BCUT2D eigenvalue weighted by atomic mass is 35.5. The lowest BCUT2D eigenvalue weighted by atomic mass is 9.67. The van der Waals surface area contributed by atoms with Crippen LogP contribution >= 0.6 is 12.4 Å². The van der Waals surface area contributed by atoms with Crippen LogP contribution in [0.15, 0.2) is 41.0 Å². The Labute approximate surface area is 153 Å². The van der Waals surface area contributed by atoms with E-state index < -0.39 is 0 Å². The zero-order valence-electron chi connectivity index (χ0n) is 14.1. The molecule has 2 unspecified atom stereocenters. The Kier molecular flexibility index (Phi) is 5.45. The number of rotatable bonds is 3. The third kappa shape index (κ3) is 3.72. The summed E-state index contributed by atoms with van der Waals surface area (Å²) in [7, 11) is 0. The second-order valence-electron chi connectivity index (χ2n) is 7.09. The first-order chi connectivity index (χ1) is 11.7. The van der Waals surface area contributed by atoms with Gasteiger partial charge in [0.25, 0.3) is 5.91 Å². The lowest BCUT2D eigenvalue weighted by Crippen LogP contribution is -2.53. The second-order valence-corrected chi connectivity index (χ2v) is 7.09. The Morgan fingerprint density at radius 3 is 2.52 bits per heavy atom. The maximum atomic E-state index is 12.6. The molecule has 25 heavy (non-hydrogen) atoms. The molecule has 2 fully saturated rings. The minimum absolute atomic E-state index is 0. The Balaban J connectivity index is 0.00000182. The zero-order valence-corrected chi connectivity index (χ0v) is 14.9. The van der Waals surface area contributed by atoms with Gasteiger partial charge in [0.15, 0.2) is 5.69 Å². The van der Waals surface area contributed by atoms with E-state index in [1.54, 1.807) is 0 Å². The highest BCUT2D eigenvalue weighted by Gasteiger charge is 2.40. The van der Waals surface area contributed by atoms with Gasteiger partial charge in [-0.2, -0.15) is 0 Å². The lowest BCUT2D eigenvalue weighted by molar-refractivity contribution is 0.0751. The number of nitrogens with two attached hydrogens (primary N) is 1. The molecule has 6 heteroatoms. The molecule has 1 heterocycles. The Morgan fingerprint density at radius 2 is 1.84 bits per heavy atom. The number of oxazole rings is 1. The largest absolute Gasteiger partial charge is 0.444 e. The fourth-order valence-corrected chi connectivity index (χ4v) is 4.34. The van der Waals surface area contributed by atoms with Crippen LogP contribution in [0.2, 0.25) is 0 Å².